The Morgan fingerprint density at radius 3 is 2.53 bits per heavy atom. The molecule has 1 aromatic carbocycles. The van der Waals surface area contributed by atoms with E-state index in [9.17, 15) is 36.0 Å². The molecule has 1 N–H and O–H groups in total. The molecule has 9 nitrogen and oxygen atoms in total. The SMILES string of the molecule is COC(=O)C1CC(S(=O)(=O)c2cccc(C(=O)N3CCC[C@@H]3C(=O)NCc3ccc(C(F)(F)F)nc3)c2)C1. The summed E-state index contributed by atoms with van der Waals surface area (Å²) in [6.45, 7) is 0.226. The van der Waals surface area contributed by atoms with Crippen LogP contribution in [-0.2, 0) is 36.9 Å². The van der Waals surface area contributed by atoms with Gasteiger partial charge in [-0.1, -0.05) is 12.1 Å². The number of esters is 1. The van der Waals surface area contributed by atoms with E-state index < -0.39 is 56.7 Å². The van der Waals surface area contributed by atoms with Gasteiger partial charge in [0.2, 0.25) is 5.91 Å². The van der Waals surface area contributed by atoms with Gasteiger partial charge >= 0.3 is 12.1 Å². The highest BCUT2D eigenvalue weighted by molar-refractivity contribution is 7.92. The molecule has 2 fully saturated rings. The number of carbonyl (C=O) groups excluding carboxylic acids is 3. The van der Waals surface area contributed by atoms with Crippen molar-refractivity contribution in [2.75, 3.05) is 13.7 Å². The average Bonchev–Trinajstić information content (AvgIpc) is 3.35. The molecule has 2 amide bonds. The second kappa shape index (κ2) is 10.7. The maximum absolute atomic E-state index is 13.3. The number of benzene rings is 1. The van der Waals surface area contributed by atoms with E-state index in [1.807, 2.05) is 0 Å². The number of amides is 2. The molecule has 1 aromatic heterocycles. The van der Waals surface area contributed by atoms with Gasteiger partial charge < -0.3 is 15.0 Å². The van der Waals surface area contributed by atoms with Crippen molar-refractivity contribution in [2.24, 2.45) is 5.92 Å². The Balaban J connectivity index is 1.40. The average molecular weight is 554 g/mol. The lowest BCUT2D eigenvalue weighted by Gasteiger charge is -2.32. The van der Waals surface area contributed by atoms with Gasteiger partial charge in [-0.25, -0.2) is 8.42 Å². The number of likely N-dealkylation sites (tertiary alicyclic amines) is 1. The van der Waals surface area contributed by atoms with E-state index in [4.69, 9.17) is 0 Å². The topological polar surface area (TPSA) is 123 Å². The molecule has 2 heterocycles. The smallest absolute Gasteiger partial charge is 0.433 e. The van der Waals surface area contributed by atoms with Gasteiger partial charge in [0.1, 0.15) is 11.7 Å². The predicted molar refractivity (Wildman–Crippen MR) is 127 cm³/mol. The highest BCUT2D eigenvalue weighted by Gasteiger charge is 2.44. The summed E-state index contributed by atoms with van der Waals surface area (Å²) in [5.41, 5.74) is -0.558. The van der Waals surface area contributed by atoms with Crippen molar-refractivity contribution >= 4 is 27.6 Å². The number of alkyl halides is 3. The van der Waals surface area contributed by atoms with Crippen LogP contribution < -0.4 is 5.32 Å². The van der Waals surface area contributed by atoms with E-state index in [1.165, 1.54) is 42.3 Å². The number of halogens is 3. The first kappa shape index (κ1) is 27.6. The molecule has 2 aromatic rings. The van der Waals surface area contributed by atoms with Crippen molar-refractivity contribution in [1.29, 1.82) is 0 Å². The monoisotopic (exact) mass is 553 g/mol. The zero-order valence-electron chi connectivity index (χ0n) is 20.4. The minimum Gasteiger partial charge on any atom is -0.469 e. The molecule has 1 saturated carbocycles. The van der Waals surface area contributed by atoms with E-state index in [0.29, 0.717) is 24.9 Å². The van der Waals surface area contributed by atoms with Gasteiger partial charge in [0.25, 0.3) is 5.91 Å². The van der Waals surface area contributed by atoms with Crippen LogP contribution in [0.15, 0.2) is 47.5 Å². The van der Waals surface area contributed by atoms with Crippen LogP contribution in [0, 0.1) is 5.92 Å². The van der Waals surface area contributed by atoms with Crippen molar-refractivity contribution in [1.82, 2.24) is 15.2 Å². The van der Waals surface area contributed by atoms with Crippen LogP contribution in [0.2, 0.25) is 0 Å². The van der Waals surface area contributed by atoms with Crippen molar-refractivity contribution in [3.05, 3.63) is 59.4 Å². The summed E-state index contributed by atoms with van der Waals surface area (Å²) in [5.74, 6) is -1.89. The van der Waals surface area contributed by atoms with Crippen LogP contribution in [-0.4, -0.2) is 61.0 Å². The Morgan fingerprint density at radius 1 is 1.16 bits per heavy atom. The fraction of sp³-hybridized carbons (Fsp3) is 0.440. The highest BCUT2D eigenvalue weighted by atomic mass is 32.2. The van der Waals surface area contributed by atoms with Gasteiger partial charge in [-0.05, 0) is 55.5 Å². The predicted octanol–water partition coefficient (Wildman–Crippen LogP) is 2.75. The van der Waals surface area contributed by atoms with Gasteiger partial charge in [0.15, 0.2) is 9.84 Å². The molecule has 1 saturated heterocycles. The number of rotatable bonds is 7. The summed E-state index contributed by atoms with van der Waals surface area (Å²) < 4.78 is 68.8. The summed E-state index contributed by atoms with van der Waals surface area (Å²) in [6.07, 6.45) is -2.29. The lowest BCUT2D eigenvalue weighted by atomic mass is 9.85. The second-order valence-electron chi connectivity index (χ2n) is 9.31. The summed E-state index contributed by atoms with van der Waals surface area (Å²) in [6, 6.07) is 6.84. The van der Waals surface area contributed by atoms with Crippen LogP contribution in [0.5, 0.6) is 0 Å². The number of sulfone groups is 1. The van der Waals surface area contributed by atoms with Crippen LogP contribution in [0.4, 0.5) is 13.2 Å². The zero-order chi connectivity index (χ0) is 27.7. The molecule has 204 valence electrons. The Morgan fingerprint density at radius 2 is 1.89 bits per heavy atom. The maximum Gasteiger partial charge on any atom is 0.433 e. The number of nitrogens with zero attached hydrogens (tertiary/aromatic N) is 2. The maximum atomic E-state index is 13.3. The van der Waals surface area contributed by atoms with Crippen LogP contribution >= 0.6 is 0 Å². The molecule has 13 heteroatoms. The number of nitrogens with one attached hydrogen (secondary N) is 1. The van der Waals surface area contributed by atoms with E-state index in [0.717, 1.165) is 12.3 Å². The van der Waals surface area contributed by atoms with Gasteiger partial charge in [0.05, 0.1) is 23.2 Å². The molecule has 38 heavy (non-hydrogen) atoms. The molecule has 2 aliphatic rings. The molecule has 0 unspecified atom stereocenters. The normalized spacial score (nSPS) is 21.5. The number of aromatic nitrogens is 1. The summed E-state index contributed by atoms with van der Waals surface area (Å²) in [5, 5.41) is 1.88. The number of carbonyl (C=O) groups is 3. The second-order valence-corrected chi connectivity index (χ2v) is 11.5. The molecule has 0 spiro atoms. The first-order valence-corrected chi connectivity index (χ1v) is 13.5. The molecule has 1 atom stereocenters. The highest BCUT2D eigenvalue weighted by Crippen LogP contribution is 2.37. The molecule has 4 rings (SSSR count). The number of methoxy groups -OCH3 is 1. The third kappa shape index (κ3) is 5.66. The fourth-order valence-corrected chi connectivity index (χ4v) is 6.54. The van der Waals surface area contributed by atoms with Gasteiger partial charge in [-0.2, -0.15) is 13.2 Å². The largest absolute Gasteiger partial charge is 0.469 e. The van der Waals surface area contributed by atoms with Crippen molar-refractivity contribution < 1.29 is 40.7 Å². The zero-order valence-corrected chi connectivity index (χ0v) is 21.2. The third-order valence-corrected chi connectivity index (χ3v) is 9.05. The van der Waals surface area contributed by atoms with E-state index in [-0.39, 0.29) is 29.8 Å². The molecular formula is C25H26F3N3O6S. The Bertz CT molecular complexity index is 1320. The van der Waals surface area contributed by atoms with Crippen molar-refractivity contribution in [2.45, 2.75) is 54.6 Å². The number of hydrogen-bond donors (Lipinski definition) is 1. The number of pyridine rings is 1. The number of hydrogen-bond acceptors (Lipinski definition) is 7. The molecule has 1 aliphatic carbocycles. The molecular weight excluding hydrogens is 527 g/mol. The van der Waals surface area contributed by atoms with Crippen LogP contribution in [0.1, 0.15) is 47.3 Å². The van der Waals surface area contributed by atoms with Crippen LogP contribution in [0.3, 0.4) is 0 Å². The van der Waals surface area contributed by atoms with Gasteiger partial charge in [0, 0.05) is 24.8 Å². The van der Waals surface area contributed by atoms with E-state index >= 15 is 0 Å². The van der Waals surface area contributed by atoms with Crippen LogP contribution in [0.25, 0.3) is 0 Å². The van der Waals surface area contributed by atoms with Crippen molar-refractivity contribution in [3.63, 3.8) is 0 Å². The lowest BCUT2D eigenvalue weighted by molar-refractivity contribution is -0.148. The molecule has 0 bridgehead atoms. The first-order valence-electron chi connectivity index (χ1n) is 11.9. The van der Waals surface area contributed by atoms with E-state index in [1.54, 1.807) is 0 Å². The third-order valence-electron chi connectivity index (χ3n) is 6.88. The fourth-order valence-electron chi connectivity index (χ4n) is 4.63. The minimum absolute atomic E-state index is 0.0355. The first-order chi connectivity index (χ1) is 17.9. The standard InChI is InChI=1S/C25H26F3N3O6S/c1-37-24(34)17-11-19(12-17)38(35,36)18-5-2-4-16(10-18)23(33)31-9-3-6-20(31)22(32)30-14-15-7-8-21(29-13-15)25(26,27)28/h2,4-5,7-8,10,13,17,19-20H,3,6,9,11-12,14H2,1H3,(H,30,32)/t17?,19?,20-/m1/s1. The summed E-state index contributed by atoms with van der Waals surface area (Å²) in [4.78, 5) is 42.4. The number of ether oxygens (including phenoxy) is 1. The summed E-state index contributed by atoms with van der Waals surface area (Å²) >= 11 is 0. The Kier molecular flexibility index (Phi) is 7.77. The molecule has 0 radical (unpaired) electrons. The van der Waals surface area contributed by atoms with E-state index in [2.05, 4.69) is 15.0 Å². The minimum atomic E-state index is -4.56. The van der Waals surface area contributed by atoms with Crippen molar-refractivity contribution in [3.8, 4) is 0 Å². The Hall–Kier alpha value is -3.48. The quantitative estimate of drug-likeness (QED) is 0.523. The lowest BCUT2D eigenvalue weighted by Crippen LogP contribution is -2.45. The molecule has 1 aliphatic heterocycles. The summed E-state index contributed by atoms with van der Waals surface area (Å²) in [7, 11) is -2.52. The van der Waals surface area contributed by atoms with Gasteiger partial charge in [-0.15, -0.1) is 0 Å². The van der Waals surface area contributed by atoms with Gasteiger partial charge in [-0.3, -0.25) is 19.4 Å². The Labute approximate surface area is 217 Å².